The molecule has 2 aliphatic rings. The molecule has 0 atom stereocenters. The summed E-state index contributed by atoms with van der Waals surface area (Å²) in [5, 5.41) is 2.76. The Morgan fingerprint density at radius 1 is 1.07 bits per heavy atom. The fraction of sp³-hybridized carbons (Fsp3) is 0.619. The molecule has 1 aromatic carbocycles. The summed E-state index contributed by atoms with van der Waals surface area (Å²) in [7, 11) is 0. The standard InChI is InChI=1S/C21H32N4O4/c1-3-23(4-2)9-5-8-22-20(26)21(27)25-12-10-24(11-13-25)15-17-6-7-18-19(14-17)29-16-28-18/h6-7,14H,3-5,8-13,15-16H2,1-2H3,(H,22,26). The van der Waals surface area contributed by atoms with Gasteiger partial charge in [-0.15, -0.1) is 0 Å². The molecule has 1 aromatic rings. The number of benzene rings is 1. The van der Waals surface area contributed by atoms with Gasteiger partial charge < -0.3 is 24.6 Å². The predicted molar refractivity (Wildman–Crippen MR) is 110 cm³/mol. The number of amides is 2. The van der Waals surface area contributed by atoms with Crippen molar-refractivity contribution in [2.45, 2.75) is 26.8 Å². The maximum Gasteiger partial charge on any atom is 0.311 e. The zero-order valence-corrected chi connectivity index (χ0v) is 17.5. The van der Waals surface area contributed by atoms with Crippen LogP contribution in [0, 0.1) is 0 Å². The van der Waals surface area contributed by atoms with Crippen LogP contribution in [0.15, 0.2) is 18.2 Å². The minimum Gasteiger partial charge on any atom is -0.454 e. The van der Waals surface area contributed by atoms with Gasteiger partial charge in [0.25, 0.3) is 0 Å². The van der Waals surface area contributed by atoms with Gasteiger partial charge in [0.15, 0.2) is 11.5 Å². The van der Waals surface area contributed by atoms with Crippen molar-refractivity contribution in [1.82, 2.24) is 20.0 Å². The maximum atomic E-state index is 12.4. The van der Waals surface area contributed by atoms with Gasteiger partial charge in [0.05, 0.1) is 0 Å². The molecular weight excluding hydrogens is 372 g/mol. The summed E-state index contributed by atoms with van der Waals surface area (Å²) in [6.07, 6.45) is 0.851. The van der Waals surface area contributed by atoms with E-state index in [-0.39, 0.29) is 6.79 Å². The smallest absolute Gasteiger partial charge is 0.311 e. The van der Waals surface area contributed by atoms with E-state index in [0.717, 1.165) is 62.8 Å². The van der Waals surface area contributed by atoms with Crippen LogP contribution in [0.3, 0.4) is 0 Å². The molecule has 8 heteroatoms. The average molecular weight is 405 g/mol. The summed E-state index contributed by atoms with van der Waals surface area (Å²) in [6.45, 7) is 11.4. The Labute approximate surface area is 172 Å². The Balaban J connectivity index is 1.37. The molecule has 0 spiro atoms. The quantitative estimate of drug-likeness (QED) is 0.513. The minimum absolute atomic E-state index is 0.275. The molecular formula is C21H32N4O4. The van der Waals surface area contributed by atoms with Gasteiger partial charge >= 0.3 is 11.8 Å². The van der Waals surface area contributed by atoms with Crippen molar-refractivity contribution < 1.29 is 19.1 Å². The average Bonchev–Trinajstić information content (AvgIpc) is 3.21. The molecule has 1 N–H and O–H groups in total. The van der Waals surface area contributed by atoms with E-state index in [2.05, 4.69) is 29.0 Å². The Bertz CT molecular complexity index is 700. The second kappa shape index (κ2) is 10.5. The Morgan fingerprint density at radius 3 is 2.52 bits per heavy atom. The van der Waals surface area contributed by atoms with Gasteiger partial charge in [0, 0.05) is 39.3 Å². The third-order valence-electron chi connectivity index (χ3n) is 5.53. The van der Waals surface area contributed by atoms with E-state index in [0.29, 0.717) is 19.6 Å². The third kappa shape index (κ3) is 5.83. The van der Waals surface area contributed by atoms with Crippen molar-refractivity contribution in [3.8, 4) is 11.5 Å². The lowest BCUT2D eigenvalue weighted by Gasteiger charge is -2.34. The highest BCUT2D eigenvalue weighted by molar-refractivity contribution is 6.35. The monoisotopic (exact) mass is 404 g/mol. The summed E-state index contributed by atoms with van der Waals surface area (Å²) in [5.74, 6) is 0.658. The second-order valence-electron chi connectivity index (χ2n) is 7.39. The molecule has 8 nitrogen and oxygen atoms in total. The van der Waals surface area contributed by atoms with Crippen molar-refractivity contribution >= 4 is 11.8 Å². The number of rotatable bonds is 8. The molecule has 2 amide bonds. The Hall–Kier alpha value is -2.32. The summed E-state index contributed by atoms with van der Waals surface area (Å²) in [4.78, 5) is 30.8. The van der Waals surface area contributed by atoms with Crippen LogP contribution in [-0.2, 0) is 16.1 Å². The summed E-state index contributed by atoms with van der Waals surface area (Å²) in [5.41, 5.74) is 1.15. The molecule has 1 fully saturated rings. The Kier molecular flexibility index (Phi) is 7.71. The number of fused-ring (bicyclic) bond motifs is 1. The first-order chi connectivity index (χ1) is 14.1. The summed E-state index contributed by atoms with van der Waals surface area (Å²) < 4.78 is 10.8. The number of carbonyl (C=O) groups excluding carboxylic acids is 2. The summed E-state index contributed by atoms with van der Waals surface area (Å²) >= 11 is 0. The zero-order valence-electron chi connectivity index (χ0n) is 17.5. The second-order valence-corrected chi connectivity index (χ2v) is 7.39. The highest BCUT2D eigenvalue weighted by atomic mass is 16.7. The van der Waals surface area contributed by atoms with Crippen molar-refractivity contribution in [3.63, 3.8) is 0 Å². The fourth-order valence-corrected chi connectivity index (χ4v) is 3.67. The molecule has 0 aliphatic carbocycles. The van der Waals surface area contributed by atoms with Crippen LogP contribution in [0.4, 0.5) is 0 Å². The van der Waals surface area contributed by atoms with Gasteiger partial charge in [0.2, 0.25) is 6.79 Å². The van der Waals surface area contributed by atoms with Gasteiger partial charge in [-0.1, -0.05) is 19.9 Å². The first kappa shape index (κ1) is 21.4. The maximum absolute atomic E-state index is 12.4. The molecule has 29 heavy (non-hydrogen) atoms. The minimum atomic E-state index is -0.492. The molecule has 3 rings (SSSR count). The number of carbonyl (C=O) groups is 2. The SMILES string of the molecule is CCN(CC)CCCNC(=O)C(=O)N1CCN(Cc2ccc3c(c2)OCO3)CC1. The topological polar surface area (TPSA) is 74.4 Å². The number of piperazine rings is 1. The van der Waals surface area contributed by atoms with Crippen molar-refractivity contribution in [1.29, 1.82) is 0 Å². The van der Waals surface area contributed by atoms with Crippen LogP contribution < -0.4 is 14.8 Å². The lowest BCUT2D eigenvalue weighted by molar-refractivity contribution is -0.147. The van der Waals surface area contributed by atoms with Crippen LogP contribution in [0.1, 0.15) is 25.8 Å². The Morgan fingerprint density at radius 2 is 1.79 bits per heavy atom. The molecule has 2 aliphatic heterocycles. The van der Waals surface area contributed by atoms with Crippen LogP contribution in [0.5, 0.6) is 11.5 Å². The lowest BCUT2D eigenvalue weighted by Crippen LogP contribution is -2.52. The summed E-state index contributed by atoms with van der Waals surface area (Å²) in [6, 6.07) is 5.98. The normalized spacial score (nSPS) is 16.3. The van der Waals surface area contributed by atoms with Crippen LogP contribution in [0.2, 0.25) is 0 Å². The van der Waals surface area contributed by atoms with E-state index in [4.69, 9.17) is 9.47 Å². The highest BCUT2D eigenvalue weighted by Crippen LogP contribution is 2.32. The zero-order chi connectivity index (χ0) is 20.6. The van der Waals surface area contributed by atoms with E-state index < -0.39 is 11.8 Å². The van der Waals surface area contributed by atoms with Gasteiger partial charge in [-0.2, -0.15) is 0 Å². The number of nitrogens with zero attached hydrogens (tertiary/aromatic N) is 3. The van der Waals surface area contributed by atoms with E-state index in [1.807, 2.05) is 18.2 Å². The van der Waals surface area contributed by atoms with Crippen molar-refractivity contribution in [2.24, 2.45) is 0 Å². The van der Waals surface area contributed by atoms with Crippen LogP contribution in [-0.4, -0.2) is 85.7 Å². The lowest BCUT2D eigenvalue weighted by atomic mass is 10.1. The number of hydrogen-bond acceptors (Lipinski definition) is 6. The van der Waals surface area contributed by atoms with Crippen LogP contribution in [0.25, 0.3) is 0 Å². The fourth-order valence-electron chi connectivity index (χ4n) is 3.67. The molecule has 0 aromatic heterocycles. The van der Waals surface area contributed by atoms with E-state index >= 15 is 0 Å². The van der Waals surface area contributed by atoms with Crippen LogP contribution >= 0.6 is 0 Å². The predicted octanol–water partition coefficient (Wildman–Crippen LogP) is 0.908. The number of nitrogens with one attached hydrogen (secondary N) is 1. The van der Waals surface area contributed by atoms with E-state index in [9.17, 15) is 9.59 Å². The third-order valence-corrected chi connectivity index (χ3v) is 5.53. The number of ether oxygens (including phenoxy) is 2. The van der Waals surface area contributed by atoms with Gasteiger partial charge in [0.1, 0.15) is 0 Å². The first-order valence-electron chi connectivity index (χ1n) is 10.5. The first-order valence-corrected chi connectivity index (χ1v) is 10.5. The van der Waals surface area contributed by atoms with Crippen molar-refractivity contribution in [2.75, 3.05) is 59.2 Å². The van der Waals surface area contributed by atoms with Crippen molar-refractivity contribution in [3.05, 3.63) is 23.8 Å². The highest BCUT2D eigenvalue weighted by Gasteiger charge is 2.26. The molecule has 0 saturated carbocycles. The molecule has 0 unspecified atom stereocenters. The largest absolute Gasteiger partial charge is 0.454 e. The molecule has 160 valence electrons. The molecule has 0 bridgehead atoms. The van der Waals surface area contributed by atoms with E-state index in [1.54, 1.807) is 4.90 Å². The van der Waals surface area contributed by atoms with E-state index in [1.165, 1.54) is 0 Å². The van der Waals surface area contributed by atoms with Gasteiger partial charge in [-0.3, -0.25) is 14.5 Å². The van der Waals surface area contributed by atoms with Gasteiger partial charge in [-0.05, 0) is 43.8 Å². The molecule has 1 saturated heterocycles. The number of hydrogen-bond donors (Lipinski definition) is 1. The molecule has 2 heterocycles. The van der Waals surface area contributed by atoms with Gasteiger partial charge in [-0.25, -0.2) is 0 Å². The molecule has 0 radical (unpaired) electrons.